The smallest absolute Gasteiger partial charge is 0.251 e. The number of carbonyl (C=O) groups excluding carboxylic acids is 1. The zero-order valence-corrected chi connectivity index (χ0v) is 16.7. The predicted molar refractivity (Wildman–Crippen MR) is 109 cm³/mol. The van der Waals surface area contributed by atoms with Crippen molar-refractivity contribution in [3.05, 3.63) is 29.8 Å². The highest BCUT2D eigenvalue weighted by Gasteiger charge is 2.24. The first-order valence-corrected chi connectivity index (χ1v) is 10.4. The van der Waals surface area contributed by atoms with Gasteiger partial charge in [-0.2, -0.15) is 11.8 Å². The average molecular weight is 379 g/mol. The zero-order valence-electron chi connectivity index (χ0n) is 15.9. The third-order valence-corrected chi connectivity index (χ3v) is 5.52. The Bertz CT molecular complexity index is 592. The summed E-state index contributed by atoms with van der Waals surface area (Å²) in [7, 11) is 1.61. The van der Waals surface area contributed by atoms with E-state index in [0.29, 0.717) is 24.7 Å². The van der Waals surface area contributed by atoms with Gasteiger partial charge in [-0.15, -0.1) is 0 Å². The minimum Gasteiger partial charge on any atom is -0.497 e. The molecule has 144 valence electrons. The lowest BCUT2D eigenvalue weighted by atomic mass is 10.2. The normalized spacial score (nSPS) is 19.9. The van der Waals surface area contributed by atoms with E-state index in [1.54, 1.807) is 31.4 Å². The van der Waals surface area contributed by atoms with Crippen LogP contribution >= 0.6 is 11.8 Å². The van der Waals surface area contributed by atoms with Crippen molar-refractivity contribution in [3.63, 3.8) is 0 Å². The van der Waals surface area contributed by atoms with Crippen LogP contribution in [0.15, 0.2) is 29.3 Å². The molecule has 0 radical (unpaired) electrons. The summed E-state index contributed by atoms with van der Waals surface area (Å²) in [6, 6.07) is 7.56. The molecule has 0 saturated heterocycles. The molecule has 2 unspecified atom stereocenters. The number of hydrogen-bond donors (Lipinski definition) is 3. The van der Waals surface area contributed by atoms with Crippen LogP contribution in [0.5, 0.6) is 5.75 Å². The van der Waals surface area contributed by atoms with Gasteiger partial charge in [-0.05, 0) is 56.7 Å². The van der Waals surface area contributed by atoms with Crippen molar-refractivity contribution in [3.8, 4) is 5.75 Å². The molecule has 0 heterocycles. The number of ether oxygens (including phenoxy) is 1. The van der Waals surface area contributed by atoms with Crippen LogP contribution in [-0.4, -0.2) is 56.2 Å². The van der Waals surface area contributed by atoms with Gasteiger partial charge in [-0.25, -0.2) is 0 Å². The fourth-order valence-electron chi connectivity index (χ4n) is 2.98. The summed E-state index contributed by atoms with van der Waals surface area (Å²) in [6.07, 6.45) is 5.80. The van der Waals surface area contributed by atoms with E-state index in [4.69, 9.17) is 4.74 Å². The molecule has 3 N–H and O–H groups in total. The minimum atomic E-state index is -0.0978. The Morgan fingerprint density at radius 2 is 2.04 bits per heavy atom. The van der Waals surface area contributed by atoms with Crippen LogP contribution < -0.4 is 20.7 Å². The second kappa shape index (κ2) is 11.0. The number of hydrogen-bond acceptors (Lipinski definition) is 4. The number of benzene rings is 1. The van der Waals surface area contributed by atoms with E-state index < -0.39 is 0 Å². The zero-order chi connectivity index (χ0) is 18.8. The Hall–Kier alpha value is -1.89. The number of thioether (sulfide) groups is 1. The Morgan fingerprint density at radius 3 is 2.65 bits per heavy atom. The van der Waals surface area contributed by atoms with Gasteiger partial charge in [0.05, 0.1) is 13.7 Å². The average Bonchev–Trinajstić information content (AvgIpc) is 3.12. The summed E-state index contributed by atoms with van der Waals surface area (Å²) in [6.45, 7) is 3.92. The van der Waals surface area contributed by atoms with Crippen molar-refractivity contribution in [2.75, 3.05) is 33.0 Å². The molecule has 0 aliphatic heterocycles. The van der Waals surface area contributed by atoms with E-state index in [0.717, 1.165) is 23.5 Å². The van der Waals surface area contributed by atoms with Crippen LogP contribution in [0.1, 0.15) is 36.5 Å². The fourth-order valence-corrected chi connectivity index (χ4v) is 3.78. The summed E-state index contributed by atoms with van der Waals surface area (Å²) >= 11 is 1.95. The van der Waals surface area contributed by atoms with Gasteiger partial charge in [0, 0.05) is 29.9 Å². The lowest BCUT2D eigenvalue weighted by Crippen LogP contribution is -2.43. The molecule has 1 aliphatic carbocycles. The molecule has 1 saturated carbocycles. The predicted octanol–water partition coefficient (Wildman–Crippen LogP) is 2.26. The summed E-state index contributed by atoms with van der Waals surface area (Å²) in [5.74, 6) is 1.47. The van der Waals surface area contributed by atoms with Crippen molar-refractivity contribution in [2.24, 2.45) is 4.99 Å². The molecular weight excluding hydrogens is 348 g/mol. The van der Waals surface area contributed by atoms with Crippen LogP contribution in [0.3, 0.4) is 0 Å². The summed E-state index contributed by atoms with van der Waals surface area (Å²) in [4.78, 5) is 16.7. The third kappa shape index (κ3) is 6.44. The van der Waals surface area contributed by atoms with E-state index in [2.05, 4.69) is 34.1 Å². The summed E-state index contributed by atoms with van der Waals surface area (Å²) < 4.78 is 5.10. The van der Waals surface area contributed by atoms with Gasteiger partial charge in [-0.1, -0.05) is 0 Å². The Labute approximate surface area is 160 Å². The third-order valence-electron chi connectivity index (χ3n) is 4.42. The molecule has 1 aliphatic rings. The van der Waals surface area contributed by atoms with E-state index in [9.17, 15) is 4.79 Å². The van der Waals surface area contributed by atoms with E-state index in [1.165, 1.54) is 19.3 Å². The quantitative estimate of drug-likeness (QED) is 0.368. The van der Waals surface area contributed by atoms with Gasteiger partial charge < -0.3 is 20.7 Å². The maximum absolute atomic E-state index is 12.1. The Kier molecular flexibility index (Phi) is 8.61. The monoisotopic (exact) mass is 378 g/mol. The molecule has 2 rings (SSSR count). The van der Waals surface area contributed by atoms with E-state index >= 15 is 0 Å². The van der Waals surface area contributed by atoms with Crippen LogP contribution in [-0.2, 0) is 0 Å². The first-order valence-electron chi connectivity index (χ1n) is 9.16. The Balaban J connectivity index is 1.77. The molecule has 0 bridgehead atoms. The number of rotatable bonds is 8. The van der Waals surface area contributed by atoms with Crippen molar-refractivity contribution in [1.29, 1.82) is 0 Å². The van der Waals surface area contributed by atoms with Crippen molar-refractivity contribution in [2.45, 2.75) is 37.5 Å². The molecule has 7 heteroatoms. The number of aliphatic imine (C=N–C) groups is 1. The molecule has 1 aromatic carbocycles. The van der Waals surface area contributed by atoms with Gasteiger partial charge >= 0.3 is 0 Å². The second-order valence-corrected chi connectivity index (χ2v) is 7.40. The molecule has 6 nitrogen and oxygen atoms in total. The van der Waals surface area contributed by atoms with Gasteiger partial charge in [-0.3, -0.25) is 9.79 Å². The van der Waals surface area contributed by atoms with Crippen molar-refractivity contribution in [1.82, 2.24) is 16.0 Å². The number of methoxy groups -OCH3 is 1. The number of nitrogens with zero attached hydrogens (tertiary/aromatic N) is 1. The molecular formula is C19H30N4O2S. The number of carbonyl (C=O) groups is 1. The number of amides is 1. The van der Waals surface area contributed by atoms with Crippen LogP contribution in [0.25, 0.3) is 0 Å². The van der Waals surface area contributed by atoms with E-state index in [1.807, 2.05) is 11.8 Å². The second-order valence-electron chi connectivity index (χ2n) is 6.26. The van der Waals surface area contributed by atoms with E-state index in [-0.39, 0.29) is 5.91 Å². The maximum Gasteiger partial charge on any atom is 0.251 e. The molecule has 0 aromatic heterocycles. The lowest BCUT2D eigenvalue weighted by molar-refractivity contribution is 0.0955. The highest BCUT2D eigenvalue weighted by atomic mass is 32.2. The molecule has 0 spiro atoms. The molecule has 2 atom stereocenters. The lowest BCUT2D eigenvalue weighted by Gasteiger charge is -2.17. The van der Waals surface area contributed by atoms with Gasteiger partial charge in [0.2, 0.25) is 0 Å². The number of guanidine groups is 1. The van der Waals surface area contributed by atoms with Crippen LogP contribution in [0.4, 0.5) is 0 Å². The highest BCUT2D eigenvalue weighted by Crippen LogP contribution is 2.27. The molecule has 1 aromatic rings. The molecule has 1 fully saturated rings. The maximum atomic E-state index is 12.1. The molecule has 26 heavy (non-hydrogen) atoms. The fraction of sp³-hybridized carbons (Fsp3) is 0.579. The van der Waals surface area contributed by atoms with Gasteiger partial charge in [0.25, 0.3) is 5.91 Å². The standard InChI is InChI=1S/C19H30N4O2S/c1-4-20-19(23-15-7-10-17(13-15)26-3)22-12-11-21-18(24)14-5-8-16(25-2)9-6-14/h5-6,8-9,15,17H,4,7,10-13H2,1-3H3,(H,21,24)(H2,20,22,23). The minimum absolute atomic E-state index is 0.0978. The topological polar surface area (TPSA) is 74.8 Å². The van der Waals surface area contributed by atoms with Gasteiger partial charge in [0.1, 0.15) is 5.75 Å². The Morgan fingerprint density at radius 1 is 1.27 bits per heavy atom. The number of nitrogens with one attached hydrogen (secondary N) is 3. The van der Waals surface area contributed by atoms with Crippen LogP contribution in [0, 0.1) is 0 Å². The summed E-state index contributed by atoms with van der Waals surface area (Å²) in [5, 5.41) is 10.4. The first-order chi connectivity index (χ1) is 12.7. The van der Waals surface area contributed by atoms with Crippen LogP contribution in [0.2, 0.25) is 0 Å². The highest BCUT2D eigenvalue weighted by molar-refractivity contribution is 7.99. The van der Waals surface area contributed by atoms with Gasteiger partial charge in [0.15, 0.2) is 5.96 Å². The van der Waals surface area contributed by atoms with Crippen molar-refractivity contribution >= 4 is 23.6 Å². The SMILES string of the molecule is CCNC(=NCCNC(=O)c1ccc(OC)cc1)NC1CCC(SC)C1. The van der Waals surface area contributed by atoms with Crippen molar-refractivity contribution < 1.29 is 9.53 Å². The first kappa shape index (κ1) is 20.4. The molecule has 1 amide bonds. The largest absolute Gasteiger partial charge is 0.497 e. The summed E-state index contributed by atoms with van der Waals surface area (Å²) in [5.41, 5.74) is 0.619.